The fourth-order valence-electron chi connectivity index (χ4n) is 0.826. The summed E-state index contributed by atoms with van der Waals surface area (Å²) in [4.78, 5) is 10.3. The van der Waals surface area contributed by atoms with E-state index in [-0.39, 0.29) is 0 Å². The molecule has 1 aromatic heterocycles. The lowest BCUT2D eigenvalue weighted by Gasteiger charge is -2.03. The molecular weight excluding hydrogens is 144 g/mol. The number of nitrogens with zero attached hydrogens (tertiary/aromatic N) is 1. The summed E-state index contributed by atoms with van der Waals surface area (Å²) in [6.45, 7) is 2.34. The number of carbonyl (C=O) groups is 1. The van der Waals surface area contributed by atoms with Gasteiger partial charge in [0.05, 0.1) is 12.3 Å². The molecule has 0 aliphatic rings. The van der Waals surface area contributed by atoms with Crippen molar-refractivity contribution in [2.24, 2.45) is 0 Å². The molecule has 4 heteroatoms. The molecule has 0 saturated heterocycles. The minimum atomic E-state index is 0.419. The molecule has 0 aromatic carbocycles. The van der Waals surface area contributed by atoms with E-state index in [4.69, 9.17) is 10.5 Å². The van der Waals surface area contributed by atoms with E-state index in [1.165, 1.54) is 4.57 Å². The molecule has 0 bridgehead atoms. The molecule has 0 saturated carbocycles. The molecule has 60 valence electrons. The van der Waals surface area contributed by atoms with Crippen LogP contribution in [0.3, 0.4) is 0 Å². The van der Waals surface area contributed by atoms with Gasteiger partial charge >= 0.3 is 0 Å². The highest BCUT2D eigenvalue weighted by atomic mass is 16.5. The van der Waals surface area contributed by atoms with Gasteiger partial charge in [0.25, 0.3) is 0 Å². The maximum absolute atomic E-state index is 10.3. The number of rotatable bonds is 3. The third kappa shape index (κ3) is 1.34. The van der Waals surface area contributed by atoms with Gasteiger partial charge < -0.3 is 10.5 Å². The Morgan fingerprint density at radius 1 is 1.82 bits per heavy atom. The second-order valence-electron chi connectivity index (χ2n) is 2.02. The zero-order chi connectivity index (χ0) is 8.27. The van der Waals surface area contributed by atoms with Crippen LogP contribution in [0.2, 0.25) is 0 Å². The summed E-state index contributed by atoms with van der Waals surface area (Å²) in [5.74, 6) is 0.419. The number of aromatic nitrogens is 1. The van der Waals surface area contributed by atoms with Crippen LogP contribution in [0.15, 0.2) is 12.3 Å². The topological polar surface area (TPSA) is 57.2 Å². The van der Waals surface area contributed by atoms with Crippen LogP contribution in [0.25, 0.3) is 0 Å². The quantitative estimate of drug-likeness (QED) is 0.645. The fraction of sp³-hybridized carbons (Fsp3) is 0.286. The molecular formula is C7H10N2O2. The first-order chi connectivity index (χ1) is 5.29. The first kappa shape index (κ1) is 7.65. The fourth-order valence-corrected chi connectivity index (χ4v) is 0.826. The van der Waals surface area contributed by atoms with Crippen LogP contribution in [0.5, 0.6) is 5.88 Å². The van der Waals surface area contributed by atoms with Crippen molar-refractivity contribution in [3.8, 4) is 5.88 Å². The number of ether oxygens (including phenoxy) is 1. The molecule has 0 atom stereocenters. The number of carbonyl (C=O) groups excluding carboxylic acids is 1. The van der Waals surface area contributed by atoms with E-state index in [0.717, 1.165) is 0 Å². The molecule has 2 N–H and O–H groups in total. The molecule has 1 heterocycles. The van der Waals surface area contributed by atoms with Gasteiger partial charge in [-0.3, -0.25) is 9.36 Å². The largest absolute Gasteiger partial charge is 0.477 e. The molecule has 0 spiro atoms. The Kier molecular flexibility index (Phi) is 2.15. The summed E-state index contributed by atoms with van der Waals surface area (Å²) in [5.41, 5.74) is 5.98. The highest BCUT2D eigenvalue weighted by Crippen LogP contribution is 2.20. The summed E-state index contributed by atoms with van der Waals surface area (Å²) < 4.78 is 6.41. The first-order valence-corrected chi connectivity index (χ1v) is 3.34. The van der Waals surface area contributed by atoms with E-state index in [1.54, 1.807) is 12.3 Å². The molecule has 1 aromatic rings. The van der Waals surface area contributed by atoms with Crippen molar-refractivity contribution in [2.45, 2.75) is 6.92 Å². The molecule has 11 heavy (non-hydrogen) atoms. The number of anilines is 1. The molecule has 0 fully saturated rings. The van der Waals surface area contributed by atoms with E-state index in [2.05, 4.69) is 0 Å². The Balaban J connectivity index is 2.97. The van der Waals surface area contributed by atoms with Gasteiger partial charge in [-0.15, -0.1) is 0 Å². The minimum Gasteiger partial charge on any atom is -0.477 e. The van der Waals surface area contributed by atoms with Gasteiger partial charge in [0.2, 0.25) is 12.3 Å². The Morgan fingerprint density at radius 2 is 2.55 bits per heavy atom. The van der Waals surface area contributed by atoms with Crippen molar-refractivity contribution in [1.29, 1.82) is 0 Å². The van der Waals surface area contributed by atoms with Crippen molar-refractivity contribution in [3.05, 3.63) is 12.3 Å². The second kappa shape index (κ2) is 3.09. The molecule has 4 nitrogen and oxygen atoms in total. The summed E-state index contributed by atoms with van der Waals surface area (Å²) >= 11 is 0. The average Bonchev–Trinajstić information content (AvgIpc) is 2.34. The predicted molar refractivity (Wildman–Crippen MR) is 42.2 cm³/mol. The molecule has 0 radical (unpaired) electrons. The summed E-state index contributed by atoms with van der Waals surface area (Å²) in [6, 6.07) is 1.62. The maximum atomic E-state index is 10.3. The lowest BCUT2D eigenvalue weighted by Crippen LogP contribution is -2.02. The zero-order valence-electron chi connectivity index (χ0n) is 6.28. The SMILES string of the molecule is CCOc1c(N)ccn1C=O. The van der Waals surface area contributed by atoms with Gasteiger partial charge in [0.1, 0.15) is 0 Å². The van der Waals surface area contributed by atoms with Crippen molar-refractivity contribution >= 4 is 12.1 Å². The number of nitrogens with two attached hydrogens (primary N) is 1. The van der Waals surface area contributed by atoms with Crippen molar-refractivity contribution in [2.75, 3.05) is 12.3 Å². The summed E-state index contributed by atoms with van der Waals surface area (Å²) in [6.07, 6.45) is 2.22. The van der Waals surface area contributed by atoms with Gasteiger partial charge in [0.15, 0.2) is 0 Å². The highest BCUT2D eigenvalue weighted by Gasteiger charge is 2.04. The van der Waals surface area contributed by atoms with Crippen LogP contribution in [-0.2, 0) is 4.79 Å². The summed E-state index contributed by atoms with van der Waals surface area (Å²) in [7, 11) is 0. The maximum Gasteiger partial charge on any atom is 0.224 e. The average molecular weight is 154 g/mol. The van der Waals surface area contributed by atoms with E-state index in [0.29, 0.717) is 24.6 Å². The molecule has 0 unspecified atom stereocenters. The van der Waals surface area contributed by atoms with Gasteiger partial charge in [-0.05, 0) is 13.0 Å². The number of hydrogen-bond acceptors (Lipinski definition) is 3. The molecule has 1 rings (SSSR count). The van der Waals surface area contributed by atoms with E-state index < -0.39 is 0 Å². The Bertz CT molecular complexity index is 255. The lowest BCUT2D eigenvalue weighted by molar-refractivity contribution is 0.323. The monoisotopic (exact) mass is 154 g/mol. The van der Waals surface area contributed by atoms with Gasteiger partial charge in [-0.1, -0.05) is 0 Å². The van der Waals surface area contributed by atoms with Crippen molar-refractivity contribution < 1.29 is 9.53 Å². The highest BCUT2D eigenvalue weighted by molar-refractivity contribution is 5.63. The Hall–Kier alpha value is -1.45. The Labute approximate surface area is 64.6 Å². The smallest absolute Gasteiger partial charge is 0.224 e. The van der Waals surface area contributed by atoms with Crippen LogP contribution >= 0.6 is 0 Å². The number of hydrogen-bond donors (Lipinski definition) is 1. The predicted octanol–water partition coefficient (Wildman–Crippen LogP) is 0.507. The third-order valence-electron chi connectivity index (χ3n) is 1.29. The molecule has 0 amide bonds. The summed E-state index contributed by atoms with van der Waals surface area (Å²) in [5, 5.41) is 0. The van der Waals surface area contributed by atoms with Crippen LogP contribution in [-0.4, -0.2) is 17.6 Å². The molecule has 0 aliphatic heterocycles. The van der Waals surface area contributed by atoms with Crippen LogP contribution in [0.1, 0.15) is 6.92 Å². The standard InChI is InChI=1S/C7H10N2O2/c1-2-11-7-6(8)3-4-9(7)5-10/h3-5H,2,8H2,1H3. The van der Waals surface area contributed by atoms with Gasteiger partial charge in [-0.25, -0.2) is 0 Å². The van der Waals surface area contributed by atoms with Crippen molar-refractivity contribution in [3.63, 3.8) is 0 Å². The van der Waals surface area contributed by atoms with E-state index in [9.17, 15) is 4.79 Å². The minimum absolute atomic E-state index is 0.419. The van der Waals surface area contributed by atoms with E-state index >= 15 is 0 Å². The van der Waals surface area contributed by atoms with Gasteiger partial charge in [0, 0.05) is 6.20 Å². The third-order valence-corrected chi connectivity index (χ3v) is 1.29. The zero-order valence-corrected chi connectivity index (χ0v) is 6.28. The van der Waals surface area contributed by atoms with Gasteiger partial charge in [-0.2, -0.15) is 0 Å². The first-order valence-electron chi connectivity index (χ1n) is 3.34. The van der Waals surface area contributed by atoms with Crippen LogP contribution in [0, 0.1) is 0 Å². The Morgan fingerprint density at radius 3 is 3.09 bits per heavy atom. The second-order valence-corrected chi connectivity index (χ2v) is 2.02. The molecule has 0 aliphatic carbocycles. The van der Waals surface area contributed by atoms with Crippen LogP contribution in [0.4, 0.5) is 5.69 Å². The van der Waals surface area contributed by atoms with Crippen molar-refractivity contribution in [1.82, 2.24) is 4.57 Å². The van der Waals surface area contributed by atoms with Crippen LogP contribution < -0.4 is 10.5 Å². The lowest BCUT2D eigenvalue weighted by atomic mass is 10.5. The normalized spacial score (nSPS) is 9.55. The number of nitrogen functional groups attached to an aromatic ring is 1. The van der Waals surface area contributed by atoms with E-state index in [1.807, 2.05) is 6.92 Å².